The molecule has 11 N–H and O–H groups in total. The Hall–Kier alpha value is -4.28. The molecule has 50 heavy (non-hydrogen) atoms. The van der Waals surface area contributed by atoms with Crippen LogP contribution in [0, 0.1) is 0 Å². The van der Waals surface area contributed by atoms with E-state index in [0.717, 1.165) is 0 Å². The van der Waals surface area contributed by atoms with Gasteiger partial charge in [0.1, 0.15) is 29.6 Å². The van der Waals surface area contributed by atoms with Crippen LogP contribution in [0.25, 0.3) is 11.1 Å². The van der Waals surface area contributed by atoms with E-state index in [1.54, 1.807) is 58.5 Å². The van der Waals surface area contributed by atoms with Crippen molar-refractivity contribution in [2.45, 2.75) is 68.8 Å². The number of aliphatic hydroxyl groups excluding tert-OH is 1. The molecule has 0 saturated carbocycles. The lowest BCUT2D eigenvalue weighted by Crippen LogP contribution is -2.58. The number of fused-ring (bicyclic) bond motifs is 5. The van der Waals surface area contributed by atoms with Crippen LogP contribution in [0.4, 0.5) is 0 Å². The Balaban J connectivity index is 2.04. The molecule has 0 radical (unpaired) electrons. The molecular weight excluding hydrogens is 644 g/mol. The average Bonchev–Trinajstić information content (AvgIpc) is 3.09. The molecule has 1 unspecified atom stereocenters. The van der Waals surface area contributed by atoms with E-state index in [2.05, 4.69) is 42.5 Å². The molecule has 15 nitrogen and oxygen atoms in total. The molecular formula is C35H54N8O7. The molecule has 1 aliphatic heterocycles. The van der Waals surface area contributed by atoms with Crippen molar-refractivity contribution in [2.75, 3.05) is 54.4 Å². The minimum Gasteiger partial charge on any atom is -0.508 e. The summed E-state index contributed by atoms with van der Waals surface area (Å²) in [6.45, 7) is 1.40. The van der Waals surface area contributed by atoms with Crippen LogP contribution < -0.4 is 42.5 Å². The van der Waals surface area contributed by atoms with E-state index < -0.39 is 53.9 Å². The molecule has 5 atom stereocenters. The number of amides is 4. The first kappa shape index (κ1) is 40.2. The van der Waals surface area contributed by atoms with E-state index >= 15 is 0 Å². The maximum atomic E-state index is 14.0. The molecule has 1 heterocycles. The number of aliphatic hydroxyl groups is 1. The third-order valence-electron chi connectivity index (χ3n) is 8.70. The third kappa shape index (κ3) is 11.9. The number of carbonyl (C=O) groups excluding carboxylic acids is 4. The van der Waals surface area contributed by atoms with Crippen LogP contribution in [0.1, 0.15) is 36.8 Å². The Kier molecular flexibility index (Phi) is 16.4. The highest BCUT2D eigenvalue weighted by Crippen LogP contribution is 2.31. The van der Waals surface area contributed by atoms with Crippen molar-refractivity contribution >= 4 is 23.6 Å². The van der Waals surface area contributed by atoms with Gasteiger partial charge in [-0.3, -0.25) is 19.2 Å². The van der Waals surface area contributed by atoms with E-state index in [4.69, 9.17) is 0 Å². The molecule has 4 amide bonds. The second-order valence-electron chi connectivity index (χ2n) is 12.6. The fraction of sp³-hybridized carbons (Fsp3) is 0.543. The molecule has 1 aliphatic rings. The lowest BCUT2D eigenvalue weighted by molar-refractivity contribution is -0.134. The molecule has 0 fully saturated rings. The molecule has 4 bridgehead atoms. The molecule has 0 aliphatic carbocycles. The number of nitrogens with one attached hydrogen (secondary N) is 8. The first-order valence-electron chi connectivity index (χ1n) is 17.1. The third-order valence-corrected chi connectivity index (χ3v) is 8.70. The average molecular weight is 699 g/mol. The topological polar surface area (TPSA) is 225 Å². The Morgan fingerprint density at radius 3 is 2.04 bits per heavy atom. The number of hydrogen-bond acceptors (Lipinski definition) is 11. The summed E-state index contributed by atoms with van der Waals surface area (Å²) >= 11 is 0. The van der Waals surface area contributed by atoms with Crippen molar-refractivity contribution in [1.29, 1.82) is 0 Å². The van der Waals surface area contributed by atoms with Gasteiger partial charge in [0.15, 0.2) is 0 Å². The molecule has 0 aromatic heterocycles. The summed E-state index contributed by atoms with van der Waals surface area (Å²) in [5.41, 5.74) is 2.26. The Morgan fingerprint density at radius 2 is 1.44 bits per heavy atom. The monoisotopic (exact) mass is 698 g/mol. The van der Waals surface area contributed by atoms with E-state index in [-0.39, 0.29) is 50.3 Å². The first-order chi connectivity index (χ1) is 24.0. The van der Waals surface area contributed by atoms with Gasteiger partial charge in [-0.05, 0) is 113 Å². The van der Waals surface area contributed by atoms with Gasteiger partial charge in [0, 0.05) is 25.9 Å². The zero-order valence-corrected chi connectivity index (χ0v) is 29.4. The van der Waals surface area contributed by atoms with Crippen LogP contribution in [0.2, 0.25) is 0 Å². The summed E-state index contributed by atoms with van der Waals surface area (Å²) in [4.78, 5) is 54.8. The second-order valence-corrected chi connectivity index (χ2v) is 12.6. The normalized spacial score (nSPS) is 19.3. The Morgan fingerprint density at radius 1 is 0.820 bits per heavy atom. The summed E-state index contributed by atoms with van der Waals surface area (Å²) in [5, 5.41) is 54.7. The summed E-state index contributed by atoms with van der Waals surface area (Å²) < 4.78 is 0. The van der Waals surface area contributed by atoms with E-state index in [1.807, 2.05) is 0 Å². The van der Waals surface area contributed by atoms with Crippen molar-refractivity contribution in [2.24, 2.45) is 0 Å². The van der Waals surface area contributed by atoms with Gasteiger partial charge >= 0.3 is 0 Å². The van der Waals surface area contributed by atoms with E-state index in [1.165, 1.54) is 6.07 Å². The summed E-state index contributed by atoms with van der Waals surface area (Å²) in [7, 11) is 6.85. The van der Waals surface area contributed by atoms with Gasteiger partial charge in [-0.15, -0.1) is 0 Å². The highest BCUT2D eigenvalue weighted by atomic mass is 16.3. The molecule has 3 rings (SSSR count). The maximum Gasteiger partial charge on any atom is 0.243 e. The van der Waals surface area contributed by atoms with Gasteiger partial charge in [0.25, 0.3) is 0 Å². The minimum absolute atomic E-state index is 0.00927. The van der Waals surface area contributed by atoms with Gasteiger partial charge in [-0.1, -0.05) is 12.1 Å². The van der Waals surface area contributed by atoms with Gasteiger partial charge in [0.2, 0.25) is 23.6 Å². The van der Waals surface area contributed by atoms with Crippen molar-refractivity contribution in [3.05, 3.63) is 47.5 Å². The zero-order chi connectivity index (χ0) is 36.6. The standard InChI is InChI=1S/C35H54N8O7/c1-36-13-5-7-26(32(47)40-20-25(44)19-38-3)41-35(50)29-18-24-16-22(10-12-31(24)46)21-9-11-30(45)23(15-21)17-28(39-4)34(49)42-27(33(48)43-29)8-6-14-37-2/h9-12,15-16,25-29,36-39,44-46H,5-8,13-14,17-20H2,1-4H3,(H,40,47)(H,41,50)(H,42,49)(H,43,48)/t25?,26-,27-,28-,29-/m0/s1. The summed E-state index contributed by atoms with van der Waals surface area (Å²) in [6.07, 6.45) is 0.783. The van der Waals surface area contributed by atoms with Crippen LogP contribution in [0.3, 0.4) is 0 Å². The van der Waals surface area contributed by atoms with Crippen LogP contribution >= 0.6 is 0 Å². The number of aromatic hydroxyl groups is 2. The molecule has 15 heteroatoms. The maximum absolute atomic E-state index is 14.0. The lowest BCUT2D eigenvalue weighted by atomic mass is 9.95. The summed E-state index contributed by atoms with van der Waals surface area (Å²) in [5.74, 6) is -2.30. The quantitative estimate of drug-likeness (QED) is 0.0915. The number of hydrogen-bond donors (Lipinski definition) is 11. The predicted octanol–water partition coefficient (Wildman–Crippen LogP) is -1.40. The lowest BCUT2D eigenvalue weighted by Gasteiger charge is -2.27. The number of rotatable bonds is 16. The molecule has 2 aromatic carbocycles. The summed E-state index contributed by atoms with van der Waals surface area (Å²) in [6, 6.07) is 5.89. The van der Waals surface area contributed by atoms with E-state index in [0.29, 0.717) is 48.2 Å². The van der Waals surface area contributed by atoms with Gasteiger partial charge in [-0.25, -0.2) is 0 Å². The van der Waals surface area contributed by atoms with Crippen LogP contribution in [-0.2, 0) is 32.0 Å². The van der Waals surface area contributed by atoms with Crippen LogP contribution in [0.15, 0.2) is 36.4 Å². The molecule has 0 spiro atoms. The SMILES string of the molecule is CNCCC[C@H](NC(=O)[C@@H]1Cc2cc(ccc2O)-c2ccc(O)c(c2)C[C@H](NC)C(=O)N[C@@H](CCCNC)C(=O)N1)C(=O)NCC(O)CNC. The highest BCUT2D eigenvalue weighted by molar-refractivity contribution is 5.95. The minimum atomic E-state index is -1.25. The fourth-order valence-corrected chi connectivity index (χ4v) is 5.80. The largest absolute Gasteiger partial charge is 0.508 e. The van der Waals surface area contributed by atoms with Crippen molar-refractivity contribution in [3.8, 4) is 22.6 Å². The second kappa shape index (κ2) is 20.4. The van der Waals surface area contributed by atoms with Crippen LogP contribution in [0.5, 0.6) is 11.5 Å². The predicted molar refractivity (Wildman–Crippen MR) is 191 cm³/mol. The number of carbonyl (C=O) groups is 4. The van der Waals surface area contributed by atoms with Crippen molar-refractivity contribution < 1.29 is 34.5 Å². The van der Waals surface area contributed by atoms with Crippen LogP contribution in [-0.4, -0.2) is 124 Å². The smallest absolute Gasteiger partial charge is 0.243 e. The Labute approximate surface area is 293 Å². The van der Waals surface area contributed by atoms with Gasteiger partial charge < -0.3 is 57.9 Å². The fourth-order valence-electron chi connectivity index (χ4n) is 5.80. The molecule has 2 aromatic rings. The molecule has 276 valence electrons. The Bertz CT molecular complexity index is 1440. The van der Waals surface area contributed by atoms with Gasteiger partial charge in [0.05, 0.1) is 12.1 Å². The van der Waals surface area contributed by atoms with Crippen molar-refractivity contribution in [1.82, 2.24) is 42.5 Å². The zero-order valence-electron chi connectivity index (χ0n) is 29.4. The van der Waals surface area contributed by atoms with E-state index in [9.17, 15) is 34.5 Å². The number of benzene rings is 2. The number of phenolic OH excluding ortho intramolecular Hbond substituents is 2. The number of phenols is 2. The highest BCUT2D eigenvalue weighted by Gasteiger charge is 2.32. The number of likely N-dealkylation sites (N-methyl/N-ethyl adjacent to an activating group) is 2. The molecule has 0 saturated heterocycles. The first-order valence-corrected chi connectivity index (χ1v) is 17.1. The van der Waals surface area contributed by atoms with Crippen molar-refractivity contribution in [3.63, 3.8) is 0 Å². The van der Waals surface area contributed by atoms with Gasteiger partial charge in [-0.2, -0.15) is 0 Å².